The Morgan fingerprint density at radius 2 is 1.60 bits per heavy atom. The van der Waals surface area contributed by atoms with Gasteiger partial charge in [0.1, 0.15) is 5.75 Å². The van der Waals surface area contributed by atoms with Crippen molar-refractivity contribution in [1.82, 2.24) is 9.47 Å². The Bertz CT molecular complexity index is 1290. The van der Waals surface area contributed by atoms with Crippen LogP contribution in [0.1, 0.15) is 96.0 Å². The number of benzene rings is 2. The summed E-state index contributed by atoms with van der Waals surface area (Å²) in [5.41, 5.74) is 7.00. The maximum absolute atomic E-state index is 7.16. The standard InChI is InChI=1S/C28H32N2O.2C2H6/c1-16-18-11-9-13-21-23(18)28-14-15-29(5)24(16)26(28,3)17(2)22-19-10-7-8-12-20(19)30(6)25(22)27(28,4)31-21;2*1-2/h7-13,16-17,24H,14-15H2,1-6H3;2*1-2H3/t16?,17?,24-,26?,27?,28-;;/m1../s1. The number of piperidine rings is 1. The van der Waals surface area contributed by atoms with E-state index >= 15 is 0 Å². The molecule has 1 saturated heterocycles. The van der Waals surface area contributed by atoms with E-state index in [-0.39, 0.29) is 16.4 Å². The van der Waals surface area contributed by atoms with Gasteiger partial charge in [0.2, 0.25) is 0 Å². The average molecular weight is 473 g/mol. The molecule has 188 valence electrons. The van der Waals surface area contributed by atoms with Crippen LogP contribution < -0.4 is 4.74 Å². The molecule has 2 aromatic carbocycles. The van der Waals surface area contributed by atoms with Crippen LogP contribution in [0.4, 0.5) is 0 Å². The summed E-state index contributed by atoms with van der Waals surface area (Å²) in [6, 6.07) is 16.3. The lowest BCUT2D eigenvalue weighted by Gasteiger charge is -2.70. The van der Waals surface area contributed by atoms with Crippen molar-refractivity contribution >= 4 is 10.9 Å². The van der Waals surface area contributed by atoms with Crippen molar-refractivity contribution in [2.24, 2.45) is 12.5 Å². The molecule has 3 aromatic rings. The minimum absolute atomic E-state index is 0.00976. The summed E-state index contributed by atoms with van der Waals surface area (Å²) in [4.78, 5) is 2.66. The van der Waals surface area contributed by atoms with Gasteiger partial charge in [0.05, 0.1) is 11.1 Å². The summed E-state index contributed by atoms with van der Waals surface area (Å²) < 4.78 is 9.61. The van der Waals surface area contributed by atoms with Crippen molar-refractivity contribution in [3.8, 4) is 5.75 Å². The van der Waals surface area contributed by atoms with E-state index in [0.717, 1.165) is 18.7 Å². The maximum Gasteiger partial charge on any atom is 0.157 e. The maximum atomic E-state index is 7.16. The lowest BCUT2D eigenvalue weighted by atomic mass is 9.37. The van der Waals surface area contributed by atoms with Crippen LogP contribution in [0, 0.1) is 5.41 Å². The number of likely N-dealkylation sites (tertiary alicyclic amines) is 1. The van der Waals surface area contributed by atoms with Crippen molar-refractivity contribution < 1.29 is 4.74 Å². The molecular weight excluding hydrogens is 428 g/mol. The molecule has 0 amide bonds. The average Bonchev–Trinajstić information content (AvgIpc) is 3.33. The van der Waals surface area contributed by atoms with Gasteiger partial charge >= 0.3 is 0 Å². The fraction of sp³-hybridized carbons (Fsp3) is 0.562. The number of para-hydroxylation sites is 1. The molecule has 2 aliphatic carbocycles. The van der Waals surface area contributed by atoms with Crippen LogP contribution in [-0.2, 0) is 18.1 Å². The van der Waals surface area contributed by atoms with Gasteiger partial charge in [0.25, 0.3) is 0 Å². The first-order valence-corrected chi connectivity index (χ1v) is 13.9. The fourth-order valence-electron chi connectivity index (χ4n) is 9.31. The number of likely N-dealkylation sites (N-methyl/N-ethyl adjacent to an activating group) is 1. The van der Waals surface area contributed by atoms with E-state index in [1.165, 1.54) is 33.3 Å². The number of fused-ring (bicyclic) bond motifs is 4. The largest absolute Gasteiger partial charge is 0.480 e. The first-order valence-electron chi connectivity index (χ1n) is 13.9. The Hall–Kier alpha value is -2.26. The lowest BCUT2D eigenvalue weighted by molar-refractivity contribution is -0.153. The second-order valence-corrected chi connectivity index (χ2v) is 11.1. The first kappa shape index (κ1) is 24.4. The summed E-state index contributed by atoms with van der Waals surface area (Å²) in [7, 11) is 4.61. The normalized spacial score (nSPS) is 35.7. The molecular formula is C32H44N2O. The van der Waals surface area contributed by atoms with Crippen LogP contribution in [0.2, 0.25) is 0 Å². The van der Waals surface area contributed by atoms with E-state index in [0.29, 0.717) is 17.9 Å². The Labute approximate surface area is 212 Å². The van der Waals surface area contributed by atoms with E-state index in [2.05, 4.69) is 93.7 Å². The molecule has 0 radical (unpaired) electrons. The van der Waals surface area contributed by atoms with E-state index in [9.17, 15) is 0 Å². The van der Waals surface area contributed by atoms with E-state index < -0.39 is 0 Å². The zero-order valence-corrected chi connectivity index (χ0v) is 23.5. The van der Waals surface area contributed by atoms with Crippen LogP contribution in [0.25, 0.3) is 10.9 Å². The van der Waals surface area contributed by atoms with Crippen LogP contribution in [0.3, 0.4) is 0 Å². The summed E-state index contributed by atoms with van der Waals surface area (Å²) in [6.45, 7) is 19.1. The van der Waals surface area contributed by atoms with Gasteiger partial charge in [0.15, 0.2) is 5.60 Å². The van der Waals surface area contributed by atoms with E-state index in [1.54, 1.807) is 0 Å². The molecule has 1 fully saturated rings. The molecule has 0 N–H and O–H groups in total. The number of nitrogens with zero attached hydrogens (tertiary/aromatic N) is 2. The van der Waals surface area contributed by atoms with Crippen LogP contribution >= 0.6 is 0 Å². The third-order valence-electron chi connectivity index (χ3n) is 10.4. The summed E-state index contributed by atoms with van der Waals surface area (Å²) in [5.74, 6) is 2.06. The molecule has 2 aliphatic heterocycles. The van der Waals surface area contributed by atoms with Crippen LogP contribution in [0.15, 0.2) is 42.5 Å². The number of hydrogen-bond donors (Lipinski definition) is 0. The topological polar surface area (TPSA) is 17.4 Å². The molecule has 3 nitrogen and oxygen atoms in total. The highest BCUT2D eigenvalue weighted by atomic mass is 16.5. The molecule has 2 bridgehead atoms. The molecule has 4 unspecified atom stereocenters. The van der Waals surface area contributed by atoms with E-state index in [4.69, 9.17) is 4.74 Å². The third-order valence-corrected chi connectivity index (χ3v) is 10.4. The SMILES string of the molecule is CC.CC.CC1c2cccc3c2[C@]24CCN(C)[C@H]1C2(C)C(C)c1c(n(C)c2ccccc12)C4(C)O3. The second-order valence-electron chi connectivity index (χ2n) is 11.1. The monoisotopic (exact) mass is 472 g/mol. The Morgan fingerprint density at radius 1 is 0.914 bits per heavy atom. The number of ether oxygens (including phenoxy) is 1. The van der Waals surface area contributed by atoms with Crippen LogP contribution in [0.5, 0.6) is 5.75 Å². The third kappa shape index (κ3) is 2.42. The minimum atomic E-state index is -0.366. The van der Waals surface area contributed by atoms with Gasteiger partial charge in [-0.15, -0.1) is 0 Å². The van der Waals surface area contributed by atoms with Crippen molar-refractivity contribution in [3.63, 3.8) is 0 Å². The quantitative estimate of drug-likeness (QED) is 0.333. The predicted octanol–water partition coefficient (Wildman–Crippen LogP) is 7.72. The zero-order chi connectivity index (χ0) is 25.5. The number of aryl methyl sites for hydroxylation is 1. The van der Waals surface area contributed by atoms with Crippen molar-refractivity contribution in [3.05, 3.63) is 64.8 Å². The van der Waals surface area contributed by atoms with E-state index in [1.807, 2.05) is 27.7 Å². The molecule has 3 heteroatoms. The lowest BCUT2D eigenvalue weighted by Crippen LogP contribution is -2.74. The fourth-order valence-corrected chi connectivity index (χ4v) is 9.31. The van der Waals surface area contributed by atoms with Gasteiger partial charge in [-0.1, -0.05) is 78.8 Å². The molecule has 4 aliphatic rings. The van der Waals surface area contributed by atoms with Crippen molar-refractivity contribution in [1.29, 1.82) is 0 Å². The molecule has 6 atom stereocenters. The highest BCUT2D eigenvalue weighted by Gasteiger charge is 2.77. The van der Waals surface area contributed by atoms with Gasteiger partial charge < -0.3 is 14.2 Å². The Balaban J connectivity index is 0.000000605. The Morgan fingerprint density at radius 3 is 2.31 bits per heavy atom. The predicted molar refractivity (Wildman–Crippen MR) is 148 cm³/mol. The van der Waals surface area contributed by atoms with Crippen molar-refractivity contribution in [2.75, 3.05) is 13.6 Å². The number of rotatable bonds is 0. The van der Waals surface area contributed by atoms with Crippen LogP contribution in [-0.4, -0.2) is 29.1 Å². The smallest absolute Gasteiger partial charge is 0.157 e. The highest BCUT2D eigenvalue weighted by molar-refractivity contribution is 5.88. The van der Waals surface area contributed by atoms with Gasteiger partial charge in [-0.2, -0.15) is 0 Å². The molecule has 35 heavy (non-hydrogen) atoms. The van der Waals surface area contributed by atoms with Gasteiger partial charge in [-0.25, -0.2) is 0 Å². The first-order chi connectivity index (χ1) is 16.8. The summed E-state index contributed by atoms with van der Waals surface area (Å²) >= 11 is 0. The number of hydrogen-bond acceptors (Lipinski definition) is 2. The highest BCUT2D eigenvalue weighted by Crippen LogP contribution is 2.77. The van der Waals surface area contributed by atoms with Gasteiger partial charge in [-0.3, -0.25) is 0 Å². The molecule has 0 saturated carbocycles. The zero-order valence-electron chi connectivity index (χ0n) is 23.5. The summed E-state index contributed by atoms with van der Waals surface area (Å²) in [6.07, 6.45) is 1.15. The molecule has 7 rings (SSSR count). The second kappa shape index (κ2) is 7.87. The van der Waals surface area contributed by atoms with Crippen molar-refractivity contribution in [2.45, 2.75) is 90.7 Å². The molecule has 1 aromatic heterocycles. The Kier molecular flexibility index (Phi) is 5.49. The molecule has 1 spiro atoms. The summed E-state index contributed by atoms with van der Waals surface area (Å²) in [5, 5.41) is 1.41. The molecule has 3 heterocycles. The van der Waals surface area contributed by atoms with Gasteiger partial charge in [-0.05, 0) is 62.0 Å². The minimum Gasteiger partial charge on any atom is -0.480 e. The number of aromatic nitrogens is 1. The van der Waals surface area contributed by atoms with Gasteiger partial charge in [0, 0.05) is 35.0 Å².